The minimum absolute atomic E-state index is 0.155. The van der Waals surface area contributed by atoms with Crippen LogP contribution in [-0.4, -0.2) is 4.98 Å². The molecule has 0 bridgehead atoms. The Morgan fingerprint density at radius 3 is 2.68 bits per heavy atom. The molecule has 0 saturated heterocycles. The highest BCUT2D eigenvalue weighted by Crippen LogP contribution is 2.27. The first kappa shape index (κ1) is 14.6. The molecular weight excluding hydrogens is 377 g/mol. The molecule has 0 aliphatic rings. The van der Waals surface area contributed by atoms with E-state index >= 15 is 0 Å². The van der Waals surface area contributed by atoms with Gasteiger partial charge >= 0.3 is 0 Å². The maximum atomic E-state index is 13.1. The molecule has 1 atom stereocenters. The number of nitrogens with one attached hydrogen (secondary N) is 1. The lowest BCUT2D eigenvalue weighted by atomic mass is 10.0. The van der Waals surface area contributed by atoms with Crippen LogP contribution in [0, 0.1) is 5.82 Å². The number of aromatic nitrogens is 1. The van der Waals surface area contributed by atoms with Gasteiger partial charge in [0.05, 0.1) is 11.7 Å². The largest absolute Gasteiger partial charge is 0.271 e. The quantitative estimate of drug-likeness (QED) is 0.622. The Kier molecular flexibility index (Phi) is 5.04. The Bertz CT molecular complexity index is 578. The van der Waals surface area contributed by atoms with Gasteiger partial charge in [0.2, 0.25) is 0 Å². The molecule has 0 aliphatic carbocycles. The molecule has 3 nitrogen and oxygen atoms in total. The number of nitrogens with zero attached hydrogens (tertiary/aromatic N) is 1. The van der Waals surface area contributed by atoms with E-state index in [1.807, 2.05) is 12.1 Å². The average Bonchev–Trinajstić information content (AvgIpc) is 2.39. The first-order chi connectivity index (χ1) is 9.11. The predicted octanol–water partition coefficient (Wildman–Crippen LogP) is 3.49. The number of rotatable bonds is 4. The van der Waals surface area contributed by atoms with Gasteiger partial charge in [0.15, 0.2) is 0 Å². The highest BCUT2D eigenvalue weighted by molar-refractivity contribution is 9.10. The third-order valence-corrected chi connectivity index (χ3v) is 4.17. The van der Waals surface area contributed by atoms with Gasteiger partial charge in [-0.2, -0.15) is 0 Å². The lowest BCUT2D eigenvalue weighted by Crippen LogP contribution is -2.30. The fourth-order valence-electron chi connectivity index (χ4n) is 1.80. The van der Waals surface area contributed by atoms with Crippen molar-refractivity contribution in [3.05, 3.63) is 62.5 Å². The van der Waals surface area contributed by atoms with E-state index in [9.17, 15) is 4.39 Å². The van der Waals surface area contributed by atoms with Crippen molar-refractivity contribution < 1.29 is 4.39 Å². The average molecular weight is 389 g/mol. The summed E-state index contributed by atoms with van der Waals surface area (Å²) in [7, 11) is 0. The molecule has 1 heterocycles. The van der Waals surface area contributed by atoms with E-state index in [0.29, 0.717) is 6.42 Å². The molecule has 0 radical (unpaired) electrons. The highest BCUT2D eigenvalue weighted by atomic mass is 79.9. The minimum atomic E-state index is -0.271. The van der Waals surface area contributed by atoms with Crippen LogP contribution in [0.3, 0.4) is 0 Å². The van der Waals surface area contributed by atoms with Gasteiger partial charge in [0.1, 0.15) is 5.82 Å². The fraction of sp³-hybridized carbons (Fsp3) is 0.154. The normalized spacial score (nSPS) is 12.4. The molecule has 0 amide bonds. The fourth-order valence-corrected chi connectivity index (χ4v) is 2.84. The van der Waals surface area contributed by atoms with Gasteiger partial charge in [0.25, 0.3) is 0 Å². The van der Waals surface area contributed by atoms with Gasteiger partial charge in [-0.15, -0.1) is 0 Å². The van der Waals surface area contributed by atoms with Crippen LogP contribution in [0.2, 0.25) is 0 Å². The Hall–Kier alpha value is -0.820. The molecule has 100 valence electrons. The van der Waals surface area contributed by atoms with Gasteiger partial charge in [-0.3, -0.25) is 16.3 Å². The summed E-state index contributed by atoms with van der Waals surface area (Å²) in [6.45, 7) is 0. The zero-order valence-corrected chi connectivity index (χ0v) is 13.1. The summed E-state index contributed by atoms with van der Waals surface area (Å²) in [5.74, 6) is 5.33. The predicted molar refractivity (Wildman–Crippen MR) is 79.8 cm³/mol. The van der Waals surface area contributed by atoms with Crippen molar-refractivity contribution in [2.24, 2.45) is 5.84 Å². The monoisotopic (exact) mass is 387 g/mol. The van der Waals surface area contributed by atoms with E-state index in [0.717, 1.165) is 20.2 Å². The van der Waals surface area contributed by atoms with Crippen molar-refractivity contribution in [3.63, 3.8) is 0 Å². The molecule has 1 aromatic carbocycles. The van der Waals surface area contributed by atoms with E-state index in [2.05, 4.69) is 42.3 Å². The molecule has 2 aromatic rings. The topological polar surface area (TPSA) is 50.9 Å². The zero-order chi connectivity index (χ0) is 13.8. The molecule has 0 fully saturated rings. The SMILES string of the molecule is NNC(Cc1ccc(F)cc1Br)c1ncccc1Br. The molecule has 1 unspecified atom stereocenters. The van der Waals surface area contributed by atoms with Gasteiger partial charge in [-0.05, 0) is 52.2 Å². The van der Waals surface area contributed by atoms with Crippen molar-refractivity contribution in [3.8, 4) is 0 Å². The van der Waals surface area contributed by atoms with Crippen LogP contribution < -0.4 is 11.3 Å². The van der Waals surface area contributed by atoms with Crippen LogP contribution in [0.1, 0.15) is 17.3 Å². The van der Waals surface area contributed by atoms with Crippen molar-refractivity contribution in [2.75, 3.05) is 0 Å². The summed E-state index contributed by atoms with van der Waals surface area (Å²) in [5, 5.41) is 0. The Labute approximate surface area is 127 Å². The smallest absolute Gasteiger partial charge is 0.124 e. The number of halogens is 3. The van der Waals surface area contributed by atoms with E-state index in [-0.39, 0.29) is 11.9 Å². The third kappa shape index (κ3) is 3.60. The number of nitrogens with two attached hydrogens (primary N) is 1. The van der Waals surface area contributed by atoms with Crippen LogP contribution in [0.15, 0.2) is 45.5 Å². The summed E-state index contributed by atoms with van der Waals surface area (Å²) in [5.41, 5.74) is 4.52. The molecule has 19 heavy (non-hydrogen) atoms. The van der Waals surface area contributed by atoms with E-state index in [1.54, 1.807) is 12.3 Å². The summed E-state index contributed by atoms with van der Waals surface area (Å²) in [6, 6.07) is 8.21. The van der Waals surface area contributed by atoms with E-state index in [1.165, 1.54) is 12.1 Å². The van der Waals surface area contributed by atoms with Crippen molar-refractivity contribution in [1.29, 1.82) is 0 Å². The van der Waals surface area contributed by atoms with E-state index in [4.69, 9.17) is 5.84 Å². The summed E-state index contributed by atoms with van der Waals surface area (Å²) >= 11 is 6.81. The summed E-state index contributed by atoms with van der Waals surface area (Å²) in [6.07, 6.45) is 2.32. The van der Waals surface area contributed by atoms with Crippen LogP contribution in [0.25, 0.3) is 0 Å². The molecule has 3 N–H and O–H groups in total. The van der Waals surface area contributed by atoms with Crippen molar-refractivity contribution in [2.45, 2.75) is 12.5 Å². The Balaban J connectivity index is 2.27. The first-order valence-corrected chi connectivity index (χ1v) is 7.21. The second-order valence-corrected chi connectivity index (χ2v) is 5.74. The van der Waals surface area contributed by atoms with Gasteiger partial charge in [-0.1, -0.05) is 22.0 Å². The minimum Gasteiger partial charge on any atom is -0.271 e. The Morgan fingerprint density at radius 1 is 1.26 bits per heavy atom. The maximum Gasteiger partial charge on any atom is 0.124 e. The summed E-state index contributed by atoms with van der Waals surface area (Å²) < 4.78 is 14.7. The zero-order valence-electron chi connectivity index (χ0n) is 9.91. The number of hydrogen-bond donors (Lipinski definition) is 2. The van der Waals surface area contributed by atoms with Gasteiger partial charge < -0.3 is 0 Å². The lowest BCUT2D eigenvalue weighted by Gasteiger charge is -2.17. The number of hydrazine groups is 1. The van der Waals surface area contributed by atoms with Crippen LogP contribution in [0.5, 0.6) is 0 Å². The standard InChI is InChI=1S/C13H12Br2FN3/c14-10-2-1-5-18-13(10)12(19-17)6-8-3-4-9(16)7-11(8)15/h1-5,7,12,19H,6,17H2. The van der Waals surface area contributed by atoms with Crippen molar-refractivity contribution in [1.82, 2.24) is 10.4 Å². The van der Waals surface area contributed by atoms with Crippen LogP contribution in [-0.2, 0) is 6.42 Å². The molecule has 1 aromatic heterocycles. The molecular formula is C13H12Br2FN3. The molecule has 6 heteroatoms. The summed E-state index contributed by atoms with van der Waals surface area (Å²) in [4.78, 5) is 4.31. The van der Waals surface area contributed by atoms with Crippen molar-refractivity contribution >= 4 is 31.9 Å². The first-order valence-electron chi connectivity index (χ1n) is 5.62. The highest BCUT2D eigenvalue weighted by Gasteiger charge is 2.16. The number of pyridine rings is 1. The van der Waals surface area contributed by atoms with E-state index < -0.39 is 0 Å². The van der Waals surface area contributed by atoms with Gasteiger partial charge in [-0.25, -0.2) is 4.39 Å². The molecule has 0 spiro atoms. The third-order valence-electron chi connectivity index (χ3n) is 2.76. The molecule has 0 aliphatic heterocycles. The Morgan fingerprint density at radius 2 is 2.05 bits per heavy atom. The second-order valence-electron chi connectivity index (χ2n) is 4.03. The second kappa shape index (κ2) is 6.56. The maximum absolute atomic E-state index is 13.1. The molecule has 2 rings (SSSR count). The lowest BCUT2D eigenvalue weighted by molar-refractivity contribution is 0.534. The number of hydrogen-bond acceptors (Lipinski definition) is 3. The van der Waals surface area contributed by atoms with Crippen LogP contribution >= 0.6 is 31.9 Å². The number of benzene rings is 1. The van der Waals surface area contributed by atoms with Gasteiger partial charge in [0, 0.05) is 15.1 Å². The molecule has 0 saturated carbocycles. The van der Waals surface area contributed by atoms with Crippen LogP contribution in [0.4, 0.5) is 4.39 Å².